The zero-order chi connectivity index (χ0) is 15.5. The van der Waals surface area contributed by atoms with Crippen LogP contribution in [0, 0.1) is 11.6 Å². The SMILES string of the molecule is CC1(O)CCCN(C(=O)CSc2ccc(F)c(F)c2)CC1. The Kier molecular flexibility index (Phi) is 5.22. The average Bonchev–Trinajstić information content (AvgIpc) is 2.61. The lowest BCUT2D eigenvalue weighted by Crippen LogP contribution is -2.34. The molecule has 1 aromatic rings. The molecular weight excluding hydrogens is 296 g/mol. The smallest absolute Gasteiger partial charge is 0.232 e. The fourth-order valence-electron chi connectivity index (χ4n) is 2.32. The number of carbonyl (C=O) groups is 1. The zero-order valence-corrected chi connectivity index (χ0v) is 12.8. The number of halogens is 2. The summed E-state index contributed by atoms with van der Waals surface area (Å²) in [7, 11) is 0. The minimum absolute atomic E-state index is 0.0394. The molecule has 0 aromatic heterocycles. The van der Waals surface area contributed by atoms with E-state index in [1.165, 1.54) is 17.8 Å². The highest BCUT2D eigenvalue weighted by Crippen LogP contribution is 2.24. The van der Waals surface area contributed by atoms with E-state index >= 15 is 0 Å². The molecule has 1 fully saturated rings. The molecule has 0 saturated carbocycles. The third-order valence-corrected chi connectivity index (χ3v) is 4.65. The van der Waals surface area contributed by atoms with E-state index in [0.29, 0.717) is 30.8 Å². The molecule has 6 heteroatoms. The standard InChI is InChI=1S/C15H19F2NO2S/c1-15(20)5-2-7-18(8-6-15)14(19)10-21-11-3-4-12(16)13(17)9-11/h3-4,9,20H,2,5-8,10H2,1H3. The molecule has 1 N–H and O–H groups in total. The van der Waals surface area contributed by atoms with E-state index in [1.54, 1.807) is 11.8 Å². The van der Waals surface area contributed by atoms with Gasteiger partial charge >= 0.3 is 0 Å². The summed E-state index contributed by atoms with van der Waals surface area (Å²) in [5.74, 6) is -1.64. The monoisotopic (exact) mass is 315 g/mol. The van der Waals surface area contributed by atoms with Gasteiger partial charge in [-0.05, 0) is 44.4 Å². The lowest BCUT2D eigenvalue weighted by atomic mass is 9.98. The quantitative estimate of drug-likeness (QED) is 0.872. The molecule has 0 aliphatic carbocycles. The van der Waals surface area contributed by atoms with Crippen LogP contribution in [0.15, 0.2) is 23.1 Å². The van der Waals surface area contributed by atoms with Crippen molar-refractivity contribution in [2.24, 2.45) is 0 Å². The van der Waals surface area contributed by atoms with E-state index in [2.05, 4.69) is 0 Å². The van der Waals surface area contributed by atoms with E-state index in [0.717, 1.165) is 18.6 Å². The van der Waals surface area contributed by atoms with Crippen LogP contribution in [0.3, 0.4) is 0 Å². The number of likely N-dealkylation sites (tertiary alicyclic amines) is 1. The van der Waals surface area contributed by atoms with Gasteiger partial charge in [-0.15, -0.1) is 11.8 Å². The molecule has 0 spiro atoms. The molecule has 1 amide bonds. The second-order valence-corrected chi connectivity index (χ2v) is 6.64. The summed E-state index contributed by atoms with van der Waals surface area (Å²) in [6.07, 6.45) is 2.02. The predicted octanol–water partition coefficient (Wildman–Crippen LogP) is 2.82. The normalized spacial score (nSPS) is 23.0. The van der Waals surface area contributed by atoms with Gasteiger partial charge in [-0.2, -0.15) is 0 Å². The minimum atomic E-state index is -0.904. The summed E-state index contributed by atoms with van der Waals surface area (Å²) < 4.78 is 25.9. The fourth-order valence-corrected chi connectivity index (χ4v) is 3.14. The highest BCUT2D eigenvalue weighted by molar-refractivity contribution is 8.00. The summed E-state index contributed by atoms with van der Waals surface area (Å²) in [4.78, 5) is 14.4. The number of aliphatic hydroxyl groups is 1. The summed E-state index contributed by atoms with van der Waals surface area (Å²) in [5, 5.41) is 10.00. The summed E-state index contributed by atoms with van der Waals surface area (Å²) in [5.41, 5.74) is -0.706. The van der Waals surface area contributed by atoms with Gasteiger partial charge in [0.1, 0.15) is 0 Å². The van der Waals surface area contributed by atoms with E-state index in [9.17, 15) is 18.7 Å². The Bertz CT molecular complexity index is 522. The van der Waals surface area contributed by atoms with Gasteiger partial charge in [-0.3, -0.25) is 4.79 Å². The fraction of sp³-hybridized carbons (Fsp3) is 0.533. The molecule has 1 saturated heterocycles. The van der Waals surface area contributed by atoms with E-state index in [-0.39, 0.29) is 11.7 Å². The van der Waals surface area contributed by atoms with Crippen LogP contribution in [0.4, 0.5) is 8.78 Å². The van der Waals surface area contributed by atoms with Crippen LogP contribution in [0.1, 0.15) is 26.2 Å². The van der Waals surface area contributed by atoms with Crippen molar-refractivity contribution >= 4 is 17.7 Å². The first-order valence-corrected chi connectivity index (χ1v) is 7.94. The van der Waals surface area contributed by atoms with Crippen molar-refractivity contribution in [2.75, 3.05) is 18.8 Å². The summed E-state index contributed by atoms with van der Waals surface area (Å²) in [6.45, 7) is 2.95. The third-order valence-electron chi connectivity index (χ3n) is 3.67. The number of nitrogens with zero attached hydrogens (tertiary/aromatic N) is 1. The molecule has 116 valence electrons. The Labute approximate surface area is 127 Å². The molecule has 1 aromatic carbocycles. The molecule has 1 atom stereocenters. The Morgan fingerprint density at radius 2 is 2.10 bits per heavy atom. The minimum Gasteiger partial charge on any atom is -0.390 e. The Hall–Kier alpha value is -1.14. The van der Waals surface area contributed by atoms with Crippen LogP contribution in [0.25, 0.3) is 0 Å². The largest absolute Gasteiger partial charge is 0.390 e. The van der Waals surface area contributed by atoms with Crippen molar-refractivity contribution in [2.45, 2.75) is 36.7 Å². The van der Waals surface area contributed by atoms with Gasteiger partial charge in [0.15, 0.2) is 11.6 Å². The summed E-state index contributed by atoms with van der Waals surface area (Å²) in [6, 6.07) is 3.62. The van der Waals surface area contributed by atoms with Crippen LogP contribution >= 0.6 is 11.8 Å². The number of carbonyl (C=O) groups excluding carboxylic acids is 1. The van der Waals surface area contributed by atoms with Gasteiger partial charge in [0, 0.05) is 18.0 Å². The Balaban J connectivity index is 1.88. The van der Waals surface area contributed by atoms with Gasteiger partial charge in [0.2, 0.25) is 5.91 Å². The molecule has 1 heterocycles. The lowest BCUT2D eigenvalue weighted by Gasteiger charge is -2.22. The van der Waals surface area contributed by atoms with Crippen LogP contribution in [-0.2, 0) is 4.79 Å². The molecule has 1 aliphatic heterocycles. The van der Waals surface area contributed by atoms with Crippen LogP contribution < -0.4 is 0 Å². The number of rotatable bonds is 3. The van der Waals surface area contributed by atoms with E-state index in [1.807, 2.05) is 0 Å². The van der Waals surface area contributed by atoms with Crippen LogP contribution in [0.2, 0.25) is 0 Å². The molecule has 0 radical (unpaired) electrons. The topological polar surface area (TPSA) is 40.5 Å². The summed E-state index contributed by atoms with van der Waals surface area (Å²) >= 11 is 1.19. The number of benzene rings is 1. The number of thioether (sulfide) groups is 1. The zero-order valence-electron chi connectivity index (χ0n) is 11.9. The molecule has 0 bridgehead atoms. The molecule has 2 rings (SSSR count). The number of amides is 1. The number of hydrogen-bond acceptors (Lipinski definition) is 3. The van der Waals surface area contributed by atoms with E-state index in [4.69, 9.17) is 0 Å². The predicted molar refractivity (Wildman–Crippen MR) is 78.1 cm³/mol. The van der Waals surface area contributed by atoms with Gasteiger partial charge in [-0.25, -0.2) is 8.78 Å². The molecule has 21 heavy (non-hydrogen) atoms. The lowest BCUT2D eigenvalue weighted by molar-refractivity contribution is -0.128. The van der Waals surface area contributed by atoms with Crippen molar-refractivity contribution in [1.82, 2.24) is 4.90 Å². The van der Waals surface area contributed by atoms with Gasteiger partial charge < -0.3 is 10.0 Å². The Morgan fingerprint density at radius 3 is 2.81 bits per heavy atom. The molecule has 1 aliphatic rings. The van der Waals surface area contributed by atoms with Crippen molar-refractivity contribution in [3.63, 3.8) is 0 Å². The second-order valence-electron chi connectivity index (χ2n) is 5.60. The molecular formula is C15H19F2NO2S. The Morgan fingerprint density at radius 1 is 1.33 bits per heavy atom. The van der Waals surface area contributed by atoms with Gasteiger partial charge in [0.05, 0.1) is 11.4 Å². The molecule has 1 unspecified atom stereocenters. The van der Waals surface area contributed by atoms with Crippen molar-refractivity contribution in [3.8, 4) is 0 Å². The highest BCUT2D eigenvalue weighted by Gasteiger charge is 2.26. The molecule has 3 nitrogen and oxygen atoms in total. The van der Waals surface area contributed by atoms with Crippen molar-refractivity contribution < 1.29 is 18.7 Å². The first kappa shape index (κ1) is 16.2. The first-order chi connectivity index (χ1) is 9.87. The van der Waals surface area contributed by atoms with Gasteiger partial charge in [0.25, 0.3) is 0 Å². The average molecular weight is 315 g/mol. The first-order valence-electron chi connectivity index (χ1n) is 6.95. The maximum absolute atomic E-state index is 13.1. The van der Waals surface area contributed by atoms with Crippen molar-refractivity contribution in [3.05, 3.63) is 29.8 Å². The van der Waals surface area contributed by atoms with E-state index < -0.39 is 17.2 Å². The van der Waals surface area contributed by atoms with Gasteiger partial charge in [-0.1, -0.05) is 0 Å². The highest BCUT2D eigenvalue weighted by atomic mass is 32.2. The maximum atomic E-state index is 13.1. The second kappa shape index (κ2) is 6.75. The third kappa shape index (κ3) is 4.68. The number of hydrogen-bond donors (Lipinski definition) is 1. The van der Waals surface area contributed by atoms with Crippen molar-refractivity contribution in [1.29, 1.82) is 0 Å². The van der Waals surface area contributed by atoms with Crippen LogP contribution in [0.5, 0.6) is 0 Å². The van der Waals surface area contributed by atoms with Crippen LogP contribution in [-0.4, -0.2) is 40.4 Å². The maximum Gasteiger partial charge on any atom is 0.232 e.